The highest BCUT2D eigenvalue weighted by Crippen LogP contribution is 2.01. The van der Waals surface area contributed by atoms with Gasteiger partial charge >= 0.3 is 0 Å². The number of aliphatic hydroxyl groups excluding tert-OH is 2. The molecule has 0 bridgehead atoms. The molecular weight excluding hydrogens is 236 g/mol. The summed E-state index contributed by atoms with van der Waals surface area (Å²) in [5.74, 6) is 0. The molecule has 90 valence electrons. The molecule has 0 saturated heterocycles. The summed E-state index contributed by atoms with van der Waals surface area (Å²) in [5.41, 5.74) is -0.666. The molecule has 0 unspecified atom stereocenters. The fraction of sp³-hybridized carbons (Fsp3) is 0.375. The molecule has 0 amide bonds. The van der Waals surface area contributed by atoms with Crippen LogP contribution in [-0.2, 0) is 10.0 Å². The number of hydrogen-bond acceptors (Lipinski definition) is 5. The maximum absolute atomic E-state index is 11.6. The van der Waals surface area contributed by atoms with Crippen molar-refractivity contribution < 1.29 is 18.6 Å². The van der Waals surface area contributed by atoms with Gasteiger partial charge in [0.2, 0.25) is 15.5 Å². The standard InChI is InChI=1S/C8H12N2O5S/c11-4-6(5-12)10-16(14,15)8-3-9-2-1-7(8)13/h1-3,6,10-12H,4-5H2,(H,9,13). The lowest BCUT2D eigenvalue weighted by atomic mass is 10.4. The molecule has 1 aromatic heterocycles. The highest BCUT2D eigenvalue weighted by atomic mass is 32.2. The SMILES string of the molecule is O=c1cc[nH]cc1S(=O)(=O)NC(CO)CO. The average Bonchev–Trinajstić information content (AvgIpc) is 2.26. The zero-order valence-electron chi connectivity index (χ0n) is 8.25. The molecule has 0 fully saturated rings. The van der Waals surface area contributed by atoms with Gasteiger partial charge in [0.15, 0.2) is 0 Å². The number of aromatic amines is 1. The summed E-state index contributed by atoms with van der Waals surface area (Å²) >= 11 is 0. The third-order valence-electron chi connectivity index (χ3n) is 1.84. The van der Waals surface area contributed by atoms with Crippen LogP contribution in [0.15, 0.2) is 28.2 Å². The zero-order valence-corrected chi connectivity index (χ0v) is 9.07. The lowest BCUT2D eigenvalue weighted by Gasteiger charge is -2.12. The Hall–Kier alpha value is -1.22. The molecule has 0 saturated carbocycles. The molecule has 0 aliphatic rings. The summed E-state index contributed by atoms with van der Waals surface area (Å²) in [6.07, 6.45) is 2.34. The van der Waals surface area contributed by atoms with E-state index in [-0.39, 0.29) is 0 Å². The van der Waals surface area contributed by atoms with Crippen molar-refractivity contribution in [2.45, 2.75) is 10.9 Å². The molecule has 4 N–H and O–H groups in total. The smallest absolute Gasteiger partial charge is 0.246 e. The lowest BCUT2D eigenvalue weighted by molar-refractivity contribution is 0.185. The molecular formula is C8H12N2O5S. The van der Waals surface area contributed by atoms with E-state index in [1.165, 1.54) is 6.20 Å². The van der Waals surface area contributed by atoms with Crippen LogP contribution in [0.3, 0.4) is 0 Å². The van der Waals surface area contributed by atoms with Gasteiger partial charge in [0.25, 0.3) is 0 Å². The van der Waals surface area contributed by atoms with Gasteiger partial charge in [0, 0.05) is 18.5 Å². The van der Waals surface area contributed by atoms with Crippen LogP contribution in [0.2, 0.25) is 0 Å². The van der Waals surface area contributed by atoms with Gasteiger partial charge in [-0.1, -0.05) is 0 Å². The second kappa shape index (κ2) is 5.21. The first-order chi connectivity index (χ1) is 7.51. The van der Waals surface area contributed by atoms with Gasteiger partial charge in [-0.25, -0.2) is 13.1 Å². The van der Waals surface area contributed by atoms with Gasteiger partial charge in [-0.05, 0) is 0 Å². The van der Waals surface area contributed by atoms with Crippen LogP contribution in [0.5, 0.6) is 0 Å². The van der Waals surface area contributed by atoms with E-state index < -0.39 is 39.6 Å². The van der Waals surface area contributed by atoms with E-state index in [9.17, 15) is 13.2 Å². The summed E-state index contributed by atoms with van der Waals surface area (Å²) in [7, 11) is -4.03. The Morgan fingerprint density at radius 1 is 1.38 bits per heavy atom. The van der Waals surface area contributed by atoms with Gasteiger partial charge in [-0.2, -0.15) is 0 Å². The Kier molecular flexibility index (Phi) is 4.19. The number of aromatic nitrogens is 1. The van der Waals surface area contributed by atoms with Crippen molar-refractivity contribution in [2.24, 2.45) is 0 Å². The van der Waals surface area contributed by atoms with Crippen LogP contribution in [0.25, 0.3) is 0 Å². The van der Waals surface area contributed by atoms with Gasteiger partial charge in [0.1, 0.15) is 4.90 Å². The van der Waals surface area contributed by atoms with Crippen LogP contribution >= 0.6 is 0 Å². The van der Waals surface area contributed by atoms with E-state index in [2.05, 4.69) is 4.98 Å². The molecule has 7 nitrogen and oxygen atoms in total. The molecule has 1 rings (SSSR count). The molecule has 0 aromatic carbocycles. The normalized spacial score (nSPS) is 11.9. The Bertz CT molecular complexity index is 491. The van der Waals surface area contributed by atoms with Crippen molar-refractivity contribution in [2.75, 3.05) is 13.2 Å². The molecule has 16 heavy (non-hydrogen) atoms. The van der Waals surface area contributed by atoms with Crippen LogP contribution < -0.4 is 10.2 Å². The Morgan fingerprint density at radius 2 is 2.00 bits per heavy atom. The minimum Gasteiger partial charge on any atom is -0.395 e. The fourth-order valence-corrected chi connectivity index (χ4v) is 2.30. The first-order valence-electron chi connectivity index (χ1n) is 4.42. The number of nitrogens with one attached hydrogen (secondary N) is 2. The Morgan fingerprint density at radius 3 is 2.50 bits per heavy atom. The molecule has 0 aliphatic heterocycles. The van der Waals surface area contributed by atoms with Crippen LogP contribution in [0.1, 0.15) is 0 Å². The lowest BCUT2D eigenvalue weighted by Crippen LogP contribution is -2.41. The summed E-state index contributed by atoms with van der Waals surface area (Å²) in [5, 5.41) is 17.5. The van der Waals surface area contributed by atoms with E-state index in [1.54, 1.807) is 0 Å². The number of pyridine rings is 1. The van der Waals surface area contributed by atoms with Crippen LogP contribution in [0, 0.1) is 0 Å². The second-order valence-corrected chi connectivity index (χ2v) is 4.74. The van der Waals surface area contributed by atoms with E-state index >= 15 is 0 Å². The molecule has 1 heterocycles. The summed E-state index contributed by atoms with van der Waals surface area (Å²) in [6.45, 7) is -1.11. The monoisotopic (exact) mass is 248 g/mol. The van der Waals surface area contributed by atoms with Crippen LogP contribution in [0.4, 0.5) is 0 Å². The van der Waals surface area contributed by atoms with Gasteiger partial charge < -0.3 is 15.2 Å². The fourth-order valence-electron chi connectivity index (χ4n) is 1.03. The van der Waals surface area contributed by atoms with E-state index in [0.717, 1.165) is 12.3 Å². The van der Waals surface area contributed by atoms with Gasteiger partial charge in [-0.15, -0.1) is 0 Å². The van der Waals surface area contributed by atoms with E-state index in [1.807, 2.05) is 4.72 Å². The summed E-state index contributed by atoms with van der Waals surface area (Å²) in [4.78, 5) is 13.3. The first kappa shape index (κ1) is 12.8. The highest BCUT2D eigenvalue weighted by Gasteiger charge is 2.21. The van der Waals surface area contributed by atoms with Gasteiger partial charge in [0.05, 0.1) is 19.3 Å². The van der Waals surface area contributed by atoms with E-state index in [4.69, 9.17) is 10.2 Å². The number of rotatable bonds is 5. The predicted octanol–water partition coefficient (Wildman–Crippen LogP) is -1.99. The Labute approximate surface area is 91.8 Å². The van der Waals surface area contributed by atoms with Crippen molar-refractivity contribution in [3.8, 4) is 0 Å². The zero-order chi connectivity index (χ0) is 12.2. The number of sulfonamides is 1. The highest BCUT2D eigenvalue weighted by molar-refractivity contribution is 7.89. The number of H-pyrrole nitrogens is 1. The Balaban J connectivity index is 3.04. The minimum atomic E-state index is -4.03. The molecule has 0 spiro atoms. The van der Waals surface area contributed by atoms with Crippen molar-refractivity contribution in [1.82, 2.24) is 9.71 Å². The third-order valence-corrected chi connectivity index (χ3v) is 3.38. The van der Waals surface area contributed by atoms with Crippen molar-refractivity contribution >= 4 is 10.0 Å². The largest absolute Gasteiger partial charge is 0.395 e. The molecule has 0 aliphatic carbocycles. The predicted molar refractivity (Wildman–Crippen MR) is 55.3 cm³/mol. The molecule has 8 heteroatoms. The topological polar surface area (TPSA) is 119 Å². The molecule has 0 radical (unpaired) electrons. The van der Waals surface area contributed by atoms with Crippen molar-refractivity contribution in [1.29, 1.82) is 0 Å². The van der Waals surface area contributed by atoms with Crippen molar-refractivity contribution in [3.05, 3.63) is 28.7 Å². The van der Waals surface area contributed by atoms with Crippen molar-refractivity contribution in [3.63, 3.8) is 0 Å². The maximum Gasteiger partial charge on any atom is 0.246 e. The van der Waals surface area contributed by atoms with Crippen LogP contribution in [-0.4, -0.2) is 42.9 Å². The second-order valence-electron chi connectivity index (χ2n) is 3.06. The summed E-state index contributed by atoms with van der Waals surface area (Å²) in [6, 6.07) is 0.0474. The third kappa shape index (κ3) is 2.89. The molecule has 1 aromatic rings. The van der Waals surface area contributed by atoms with E-state index in [0.29, 0.717) is 0 Å². The number of hydrogen-bond donors (Lipinski definition) is 4. The quantitative estimate of drug-likeness (QED) is 0.481. The summed E-state index contributed by atoms with van der Waals surface area (Å²) < 4.78 is 25.3. The van der Waals surface area contributed by atoms with Gasteiger partial charge in [-0.3, -0.25) is 4.79 Å². The maximum atomic E-state index is 11.6. The number of aliphatic hydroxyl groups is 2. The minimum absolute atomic E-state index is 0.457. The average molecular weight is 248 g/mol. The molecule has 0 atom stereocenters. The first-order valence-corrected chi connectivity index (χ1v) is 5.90.